The molecule has 3 aromatic heterocycles. The van der Waals surface area contributed by atoms with Crippen molar-refractivity contribution in [2.45, 2.75) is 71.1 Å². The van der Waals surface area contributed by atoms with E-state index in [1.54, 1.807) is 6.33 Å². The van der Waals surface area contributed by atoms with Crippen molar-refractivity contribution in [3.05, 3.63) is 231 Å². The van der Waals surface area contributed by atoms with Gasteiger partial charge >= 0.3 is 0 Å². The maximum absolute atomic E-state index is 14.8. The molecule has 1 saturated heterocycles. The molecule has 1 aliphatic heterocycles. The molecule has 3 amide bonds. The zero-order chi connectivity index (χ0) is 55.5. The van der Waals surface area contributed by atoms with Crippen LogP contribution in [-0.2, 0) is 19.4 Å². The number of nitrogens with zero attached hydrogens (tertiary/aromatic N) is 3. The summed E-state index contributed by atoms with van der Waals surface area (Å²) < 4.78 is 0. The van der Waals surface area contributed by atoms with E-state index < -0.39 is 6.04 Å². The van der Waals surface area contributed by atoms with Crippen molar-refractivity contribution in [3.8, 4) is 0 Å². The molecule has 0 bridgehead atoms. The Balaban J connectivity index is 0.828. The average Bonchev–Trinajstić information content (AvgIpc) is 4.37. The Bertz CT molecular complexity index is 4470. The van der Waals surface area contributed by atoms with Crippen molar-refractivity contribution < 1.29 is 14.4 Å². The van der Waals surface area contributed by atoms with Gasteiger partial charge in [-0.3, -0.25) is 14.4 Å². The number of nitrogens with two attached hydrogens (primary N) is 1. The molecule has 14 heteroatoms. The number of carbonyl (C=O) groups excluding carboxylic acids is 3. The number of aromatic amines is 3. The molecule has 9 N–H and O–H groups in total. The van der Waals surface area contributed by atoms with Gasteiger partial charge in [0.1, 0.15) is 11.6 Å². The van der Waals surface area contributed by atoms with Crippen LogP contribution in [0.5, 0.6) is 0 Å². The standard InChI is InChI=1S/C67H61N11O3/c1-36-22-57-58(71-35-70-57)29-52(36)65(79)72-39(4)46-15-8-12-43-25-40(18-20-48(43)46)28-56(78-66(80)53-30-61-59(23-37(53)2)73-63(32-68)74-61)51-17-9-13-44-26-41(19-21-49(44)51)27-55(50-16-7-11-42-10-5-6-14-47(42)50)77-67(81)54-31-62-60(24-38(54)3)75-64(76-62)45-33-69-34-45/h5-26,29-31,35,39,45,55-56,69H,27-28,32-34,68H2,1-4H3,(H,70,71)(H,72,79)(H,73,74)(H,75,76)(H,77,81)(H,78,80)/t39-,55-,56-/m1/s1. The van der Waals surface area contributed by atoms with E-state index >= 15 is 0 Å². The predicted octanol–water partition coefficient (Wildman–Crippen LogP) is 11.8. The number of aryl methyl sites for hydroxylation is 3. The number of hydrogen-bond donors (Lipinski definition) is 8. The van der Waals surface area contributed by atoms with Crippen LogP contribution in [0.25, 0.3) is 65.4 Å². The first-order chi connectivity index (χ1) is 39.4. The van der Waals surface area contributed by atoms with E-state index in [1.807, 2.05) is 82.3 Å². The number of aromatic nitrogens is 6. The molecule has 13 rings (SSSR count). The van der Waals surface area contributed by atoms with Crippen molar-refractivity contribution in [1.29, 1.82) is 0 Å². The van der Waals surface area contributed by atoms with Crippen molar-refractivity contribution >= 4 is 83.1 Å². The smallest absolute Gasteiger partial charge is 0.252 e. The Labute approximate surface area is 467 Å². The van der Waals surface area contributed by atoms with Crippen LogP contribution in [-0.4, -0.2) is 60.7 Å². The van der Waals surface area contributed by atoms with Gasteiger partial charge in [0.05, 0.1) is 64.1 Å². The van der Waals surface area contributed by atoms with Gasteiger partial charge in [0.25, 0.3) is 17.7 Å². The van der Waals surface area contributed by atoms with Gasteiger partial charge in [-0.25, -0.2) is 15.0 Å². The van der Waals surface area contributed by atoms with Crippen LogP contribution in [0.1, 0.15) is 118 Å². The minimum absolute atomic E-state index is 0.155. The van der Waals surface area contributed by atoms with Gasteiger partial charge in [0.15, 0.2) is 0 Å². The molecule has 12 aromatic rings. The van der Waals surface area contributed by atoms with Gasteiger partial charge in [-0.1, -0.05) is 115 Å². The van der Waals surface area contributed by atoms with E-state index in [9.17, 15) is 14.4 Å². The number of fused-ring (bicyclic) bond motifs is 6. The van der Waals surface area contributed by atoms with Crippen molar-refractivity contribution in [2.75, 3.05) is 13.1 Å². The molecule has 1 aliphatic rings. The minimum Gasteiger partial charge on any atom is -0.345 e. The molecule has 0 aliphatic carbocycles. The van der Waals surface area contributed by atoms with Gasteiger partial charge in [-0.2, -0.15) is 0 Å². The molecule has 0 radical (unpaired) electrons. The molecule has 14 nitrogen and oxygen atoms in total. The van der Waals surface area contributed by atoms with E-state index in [4.69, 9.17) is 10.7 Å². The summed E-state index contributed by atoms with van der Waals surface area (Å²) in [5.74, 6) is 1.41. The molecule has 81 heavy (non-hydrogen) atoms. The molecular weight excluding hydrogens is 1010 g/mol. The first-order valence-corrected chi connectivity index (χ1v) is 27.7. The second-order valence-electron chi connectivity index (χ2n) is 21.8. The molecule has 9 aromatic carbocycles. The zero-order valence-corrected chi connectivity index (χ0v) is 45.5. The summed E-state index contributed by atoms with van der Waals surface area (Å²) in [7, 11) is 0. The molecule has 3 atom stereocenters. The average molecular weight is 1070 g/mol. The number of nitrogens with one attached hydrogen (secondary N) is 7. The number of benzene rings is 9. The lowest BCUT2D eigenvalue weighted by Gasteiger charge is -2.24. The van der Waals surface area contributed by atoms with Gasteiger partial charge in [-0.15, -0.1) is 0 Å². The van der Waals surface area contributed by atoms with E-state index in [2.05, 4.69) is 143 Å². The highest BCUT2D eigenvalue weighted by Gasteiger charge is 2.26. The van der Waals surface area contributed by atoms with E-state index in [1.165, 1.54) is 0 Å². The summed E-state index contributed by atoms with van der Waals surface area (Å²) in [5.41, 5.74) is 20.1. The van der Waals surface area contributed by atoms with Crippen LogP contribution in [0.15, 0.2) is 158 Å². The van der Waals surface area contributed by atoms with E-state index in [0.717, 1.165) is 129 Å². The fourth-order valence-electron chi connectivity index (χ4n) is 12.0. The Morgan fingerprint density at radius 2 is 1.05 bits per heavy atom. The normalized spacial score (nSPS) is 13.9. The van der Waals surface area contributed by atoms with Gasteiger partial charge in [0, 0.05) is 35.7 Å². The number of amides is 3. The summed E-state index contributed by atoms with van der Waals surface area (Å²) >= 11 is 0. The lowest BCUT2D eigenvalue weighted by atomic mass is 9.89. The highest BCUT2D eigenvalue weighted by Crippen LogP contribution is 2.35. The summed E-state index contributed by atoms with van der Waals surface area (Å²) in [6.07, 6.45) is 2.64. The topological polar surface area (TPSA) is 211 Å². The predicted molar refractivity (Wildman–Crippen MR) is 322 cm³/mol. The summed E-state index contributed by atoms with van der Waals surface area (Å²) in [6, 6.07) is 50.3. The Kier molecular flexibility index (Phi) is 13.2. The lowest BCUT2D eigenvalue weighted by Crippen LogP contribution is -2.40. The molecule has 4 heterocycles. The fraction of sp³-hybridized carbons (Fsp3) is 0.194. The highest BCUT2D eigenvalue weighted by molar-refractivity contribution is 6.02. The van der Waals surface area contributed by atoms with Gasteiger partial charge < -0.3 is 42.0 Å². The van der Waals surface area contributed by atoms with Crippen LogP contribution in [0.3, 0.4) is 0 Å². The second kappa shape index (κ2) is 20.9. The lowest BCUT2D eigenvalue weighted by molar-refractivity contribution is 0.0927. The summed E-state index contributed by atoms with van der Waals surface area (Å²) in [6.45, 7) is 9.86. The number of rotatable bonds is 15. The number of H-pyrrole nitrogens is 3. The quantitative estimate of drug-likeness (QED) is 0.0494. The largest absolute Gasteiger partial charge is 0.345 e. The van der Waals surface area contributed by atoms with Crippen LogP contribution in [0.4, 0.5) is 0 Å². The molecule has 1 fully saturated rings. The monoisotopic (exact) mass is 1070 g/mol. The maximum Gasteiger partial charge on any atom is 0.252 e. The molecule has 402 valence electrons. The Hall–Kier alpha value is -9.50. The van der Waals surface area contributed by atoms with Crippen molar-refractivity contribution in [2.24, 2.45) is 5.73 Å². The minimum atomic E-state index is -0.461. The van der Waals surface area contributed by atoms with Gasteiger partial charge in [0.2, 0.25) is 0 Å². The van der Waals surface area contributed by atoms with Gasteiger partial charge in [-0.05, 0) is 154 Å². The van der Waals surface area contributed by atoms with Crippen molar-refractivity contribution in [1.82, 2.24) is 51.2 Å². The highest BCUT2D eigenvalue weighted by atomic mass is 16.2. The third-order valence-electron chi connectivity index (χ3n) is 16.4. The third kappa shape index (κ3) is 9.82. The third-order valence-corrected chi connectivity index (χ3v) is 16.4. The molecular formula is C67H61N11O3. The zero-order valence-electron chi connectivity index (χ0n) is 45.5. The summed E-state index contributed by atoms with van der Waals surface area (Å²) in [5, 5.41) is 19.8. The SMILES string of the molecule is Cc1cc2nc[nH]c2cc1C(=O)N[C@H](C)c1cccc2cc(C[C@@H](NC(=O)c3cc4[nH]c(CN)nc4cc3C)c3cccc4cc(C[C@@H](NC(=O)c5cc6[nH]c(C7CNC7)nc6cc5C)c5cccc6ccccc56)ccc34)ccc12. The second-order valence-corrected chi connectivity index (χ2v) is 21.8. The van der Waals surface area contributed by atoms with E-state index in [-0.39, 0.29) is 36.3 Å². The van der Waals surface area contributed by atoms with Crippen LogP contribution in [0.2, 0.25) is 0 Å². The number of imidazole rings is 3. The number of carbonyl (C=O) groups is 3. The summed E-state index contributed by atoms with van der Waals surface area (Å²) in [4.78, 5) is 66.9. The number of hydrogen-bond acceptors (Lipinski definition) is 8. The van der Waals surface area contributed by atoms with E-state index in [0.29, 0.717) is 41.3 Å². The molecule has 0 spiro atoms. The van der Waals surface area contributed by atoms with Crippen LogP contribution >= 0.6 is 0 Å². The molecule has 0 saturated carbocycles. The van der Waals surface area contributed by atoms with Crippen LogP contribution in [0, 0.1) is 20.8 Å². The first-order valence-electron chi connectivity index (χ1n) is 27.7. The van der Waals surface area contributed by atoms with Crippen LogP contribution < -0.4 is 27.0 Å². The fourth-order valence-corrected chi connectivity index (χ4v) is 12.0. The van der Waals surface area contributed by atoms with Crippen molar-refractivity contribution in [3.63, 3.8) is 0 Å². The maximum atomic E-state index is 14.8. The Morgan fingerprint density at radius 1 is 0.543 bits per heavy atom. The molecule has 0 unspecified atom stereocenters. The Morgan fingerprint density at radius 3 is 1.65 bits per heavy atom. The first kappa shape index (κ1) is 51.0.